The molecular weight excluding hydrogens is 358 g/mol. The maximum absolute atomic E-state index is 12.1. The number of rotatable bonds is 6. The smallest absolute Gasteiger partial charge is 0.409 e. The minimum atomic E-state index is -1.41. The first kappa shape index (κ1) is 20.9. The highest BCUT2D eigenvalue weighted by atomic mass is 16.5. The molecule has 7 N–H and O–H groups in total. The number of hydrogen-bond donors (Lipinski definition) is 7. The van der Waals surface area contributed by atoms with Crippen LogP contribution in [0.25, 0.3) is 0 Å². The van der Waals surface area contributed by atoms with Crippen LogP contribution in [0.1, 0.15) is 13.8 Å². The summed E-state index contributed by atoms with van der Waals surface area (Å²) >= 11 is 0. The Labute approximate surface area is 156 Å². The van der Waals surface area contributed by atoms with Gasteiger partial charge >= 0.3 is 6.09 Å². The van der Waals surface area contributed by atoms with Crippen molar-refractivity contribution in [3.05, 3.63) is 24.3 Å². The summed E-state index contributed by atoms with van der Waals surface area (Å²) in [6, 6.07) is 5.37. The molecule has 0 spiro atoms. The van der Waals surface area contributed by atoms with Crippen molar-refractivity contribution in [2.24, 2.45) is 5.92 Å². The lowest BCUT2D eigenvalue weighted by atomic mass is 9.95. The van der Waals surface area contributed by atoms with Gasteiger partial charge in [0.25, 0.3) is 0 Å². The Morgan fingerprint density at radius 3 is 2.33 bits per heavy atom. The number of aliphatic hydroxyl groups excluding tert-OH is 3. The standard InChI is InChI=1S/C17H25N3O7/c1-8(2)15(24)20-12-14(23)13(22)11(7-21)27-16(12)18-9-5-3-4-6-10(9)19-17(25)26/h3-6,8,11-14,16,18-19,21-23H,7H2,1-2H3,(H,20,24)(H,25,26)/t11-,12-,13-,14-,16?/m1/s1. The Morgan fingerprint density at radius 1 is 1.15 bits per heavy atom. The fourth-order valence-electron chi connectivity index (χ4n) is 2.72. The van der Waals surface area contributed by atoms with Crippen LogP contribution in [-0.2, 0) is 9.53 Å². The third-order valence-electron chi connectivity index (χ3n) is 4.23. The summed E-state index contributed by atoms with van der Waals surface area (Å²) in [7, 11) is 0. The van der Waals surface area contributed by atoms with E-state index in [-0.39, 0.29) is 17.5 Å². The number of para-hydroxylation sites is 2. The Morgan fingerprint density at radius 2 is 1.78 bits per heavy atom. The van der Waals surface area contributed by atoms with E-state index in [4.69, 9.17) is 9.84 Å². The molecule has 1 aliphatic rings. The van der Waals surface area contributed by atoms with Gasteiger partial charge in [-0.05, 0) is 12.1 Å². The quantitative estimate of drug-likeness (QED) is 0.354. The van der Waals surface area contributed by atoms with Crippen LogP contribution in [0.3, 0.4) is 0 Å². The average Bonchev–Trinajstić information content (AvgIpc) is 2.61. The summed E-state index contributed by atoms with van der Waals surface area (Å²) in [6.07, 6.45) is -6.18. The van der Waals surface area contributed by atoms with Crippen LogP contribution in [0.4, 0.5) is 16.2 Å². The predicted octanol–water partition coefficient (Wildman–Crippen LogP) is -0.232. The molecule has 2 amide bonds. The van der Waals surface area contributed by atoms with Crippen LogP contribution in [0.15, 0.2) is 24.3 Å². The van der Waals surface area contributed by atoms with Crippen LogP contribution in [0, 0.1) is 5.92 Å². The summed E-state index contributed by atoms with van der Waals surface area (Å²) in [6.45, 7) is 2.80. The van der Waals surface area contributed by atoms with Crippen molar-refractivity contribution >= 4 is 23.4 Å². The number of nitrogens with one attached hydrogen (secondary N) is 3. The van der Waals surface area contributed by atoms with Crippen molar-refractivity contribution in [1.82, 2.24) is 5.32 Å². The molecule has 5 atom stereocenters. The second-order valence-corrected chi connectivity index (χ2v) is 6.57. The van der Waals surface area contributed by atoms with E-state index in [0.717, 1.165) is 0 Å². The zero-order chi connectivity index (χ0) is 20.1. The summed E-state index contributed by atoms with van der Waals surface area (Å²) in [4.78, 5) is 23.1. The number of carbonyl (C=O) groups excluding carboxylic acids is 1. The molecule has 1 aliphatic heterocycles. The van der Waals surface area contributed by atoms with Gasteiger partial charge in [-0.25, -0.2) is 4.79 Å². The highest BCUT2D eigenvalue weighted by molar-refractivity contribution is 5.88. The van der Waals surface area contributed by atoms with E-state index in [9.17, 15) is 24.9 Å². The normalized spacial score (nSPS) is 27.9. The van der Waals surface area contributed by atoms with Gasteiger partial charge < -0.3 is 35.8 Å². The number of benzene rings is 1. The van der Waals surface area contributed by atoms with Gasteiger partial charge in [0.1, 0.15) is 24.4 Å². The number of hydrogen-bond acceptors (Lipinski definition) is 7. The Balaban J connectivity index is 2.29. The highest BCUT2D eigenvalue weighted by Crippen LogP contribution is 2.27. The zero-order valence-electron chi connectivity index (χ0n) is 15.0. The van der Waals surface area contributed by atoms with E-state index >= 15 is 0 Å². The predicted molar refractivity (Wildman–Crippen MR) is 96.2 cm³/mol. The lowest BCUT2D eigenvalue weighted by Crippen LogP contribution is -2.66. The third-order valence-corrected chi connectivity index (χ3v) is 4.23. The van der Waals surface area contributed by atoms with Gasteiger partial charge in [0.05, 0.1) is 18.0 Å². The van der Waals surface area contributed by atoms with Crippen molar-refractivity contribution in [3.63, 3.8) is 0 Å². The molecule has 150 valence electrons. The minimum absolute atomic E-state index is 0.240. The van der Waals surface area contributed by atoms with Crippen LogP contribution in [-0.4, -0.2) is 69.6 Å². The number of carbonyl (C=O) groups is 2. The number of carboxylic acid groups (broad SMARTS) is 1. The second kappa shape index (κ2) is 9.00. The molecule has 10 nitrogen and oxygen atoms in total. The van der Waals surface area contributed by atoms with Crippen LogP contribution >= 0.6 is 0 Å². The van der Waals surface area contributed by atoms with Gasteiger partial charge in [-0.1, -0.05) is 26.0 Å². The molecule has 1 unspecified atom stereocenters. The fourth-order valence-corrected chi connectivity index (χ4v) is 2.72. The number of amides is 2. The van der Waals surface area contributed by atoms with Crippen molar-refractivity contribution in [2.75, 3.05) is 17.2 Å². The Kier molecular flexibility index (Phi) is 6.97. The van der Waals surface area contributed by atoms with Gasteiger partial charge in [-0.3, -0.25) is 10.1 Å². The maximum Gasteiger partial charge on any atom is 0.409 e. The SMILES string of the molecule is CC(C)C(=O)N[C@H]1C(Nc2ccccc2NC(=O)O)O[C@H](CO)[C@@H](O)[C@@H]1O. The molecule has 1 aromatic rings. The van der Waals surface area contributed by atoms with Crippen molar-refractivity contribution in [3.8, 4) is 0 Å². The number of ether oxygens (including phenoxy) is 1. The fraction of sp³-hybridized carbons (Fsp3) is 0.529. The molecule has 27 heavy (non-hydrogen) atoms. The van der Waals surface area contributed by atoms with E-state index in [1.165, 1.54) is 6.07 Å². The summed E-state index contributed by atoms with van der Waals surface area (Å²) in [5, 5.41) is 46.7. The minimum Gasteiger partial charge on any atom is -0.465 e. The summed E-state index contributed by atoms with van der Waals surface area (Å²) < 4.78 is 5.61. The van der Waals surface area contributed by atoms with E-state index in [1.807, 2.05) is 0 Å². The molecule has 0 saturated carbocycles. The van der Waals surface area contributed by atoms with Gasteiger partial charge in [0.2, 0.25) is 5.91 Å². The van der Waals surface area contributed by atoms with E-state index in [2.05, 4.69) is 16.0 Å². The molecule has 0 bridgehead atoms. The molecule has 1 saturated heterocycles. The first-order chi connectivity index (χ1) is 12.7. The highest BCUT2D eigenvalue weighted by Gasteiger charge is 2.45. The Bertz CT molecular complexity index is 670. The lowest BCUT2D eigenvalue weighted by Gasteiger charge is -2.43. The molecule has 1 heterocycles. The lowest BCUT2D eigenvalue weighted by molar-refractivity contribution is -0.188. The summed E-state index contributed by atoms with van der Waals surface area (Å²) in [5.41, 5.74) is 0.581. The molecule has 0 radical (unpaired) electrons. The first-order valence-corrected chi connectivity index (χ1v) is 8.53. The Hall–Kier alpha value is -2.40. The molecule has 0 aliphatic carbocycles. The van der Waals surface area contributed by atoms with Gasteiger partial charge in [0, 0.05) is 5.92 Å². The van der Waals surface area contributed by atoms with Gasteiger partial charge in [0.15, 0.2) is 6.23 Å². The zero-order valence-corrected chi connectivity index (χ0v) is 15.0. The van der Waals surface area contributed by atoms with E-state index in [1.54, 1.807) is 32.0 Å². The monoisotopic (exact) mass is 383 g/mol. The molecule has 10 heteroatoms. The molecule has 1 aromatic carbocycles. The maximum atomic E-state index is 12.1. The first-order valence-electron chi connectivity index (χ1n) is 8.53. The topological polar surface area (TPSA) is 160 Å². The van der Waals surface area contributed by atoms with Crippen LogP contribution < -0.4 is 16.0 Å². The molecule has 2 rings (SSSR count). The van der Waals surface area contributed by atoms with Crippen LogP contribution in [0.2, 0.25) is 0 Å². The van der Waals surface area contributed by atoms with E-state index < -0.39 is 43.3 Å². The number of anilines is 2. The number of aliphatic hydroxyl groups is 3. The average molecular weight is 383 g/mol. The van der Waals surface area contributed by atoms with Crippen molar-refractivity contribution in [2.45, 2.75) is 44.4 Å². The largest absolute Gasteiger partial charge is 0.465 e. The van der Waals surface area contributed by atoms with E-state index in [0.29, 0.717) is 5.69 Å². The summed E-state index contributed by atoms with van der Waals surface area (Å²) in [5.74, 6) is -0.729. The van der Waals surface area contributed by atoms with Gasteiger partial charge in [-0.15, -0.1) is 0 Å². The van der Waals surface area contributed by atoms with Crippen molar-refractivity contribution < 1.29 is 34.8 Å². The molecular formula is C17H25N3O7. The van der Waals surface area contributed by atoms with Gasteiger partial charge in [-0.2, -0.15) is 0 Å². The van der Waals surface area contributed by atoms with Crippen molar-refractivity contribution in [1.29, 1.82) is 0 Å². The van der Waals surface area contributed by atoms with Crippen LogP contribution in [0.5, 0.6) is 0 Å². The molecule has 1 fully saturated rings. The molecule has 0 aromatic heterocycles. The second-order valence-electron chi connectivity index (χ2n) is 6.57. The third kappa shape index (κ3) is 5.07.